The average molecular weight is 202 g/mol. The molecule has 0 saturated carbocycles. The van der Waals surface area contributed by atoms with E-state index in [9.17, 15) is 4.79 Å². The van der Waals surface area contributed by atoms with Crippen molar-refractivity contribution in [1.82, 2.24) is 9.96 Å². The minimum absolute atomic E-state index is 0.300. The third-order valence-corrected chi connectivity index (χ3v) is 1.91. The summed E-state index contributed by atoms with van der Waals surface area (Å²) in [6.07, 6.45) is -0.300. The predicted molar refractivity (Wildman–Crippen MR) is 51.2 cm³/mol. The fraction of sp³-hybridized carbons (Fsp3) is 0.889. The maximum atomic E-state index is 11.5. The van der Waals surface area contributed by atoms with Crippen LogP contribution in [0.1, 0.15) is 20.8 Å². The van der Waals surface area contributed by atoms with E-state index >= 15 is 0 Å². The van der Waals surface area contributed by atoms with Crippen LogP contribution in [0.5, 0.6) is 0 Å². The van der Waals surface area contributed by atoms with E-state index in [1.54, 1.807) is 4.90 Å². The number of piperazine rings is 1. The molecule has 1 saturated heterocycles. The van der Waals surface area contributed by atoms with E-state index in [2.05, 4.69) is 0 Å². The van der Waals surface area contributed by atoms with Crippen LogP contribution in [0.2, 0.25) is 0 Å². The van der Waals surface area contributed by atoms with Gasteiger partial charge >= 0.3 is 6.09 Å². The van der Waals surface area contributed by atoms with Gasteiger partial charge in [-0.05, 0) is 20.8 Å². The number of hydroxylamine groups is 2. The number of hydrogen-bond acceptors (Lipinski definition) is 4. The number of carbonyl (C=O) groups is 1. The highest BCUT2D eigenvalue weighted by molar-refractivity contribution is 5.68. The van der Waals surface area contributed by atoms with E-state index in [4.69, 9.17) is 9.94 Å². The quantitative estimate of drug-likeness (QED) is 0.635. The van der Waals surface area contributed by atoms with E-state index in [1.807, 2.05) is 20.8 Å². The summed E-state index contributed by atoms with van der Waals surface area (Å²) in [5.41, 5.74) is -0.451. The molecular formula is C9H18N2O3. The van der Waals surface area contributed by atoms with Crippen LogP contribution in [-0.4, -0.2) is 53.0 Å². The minimum Gasteiger partial charge on any atom is -0.444 e. The van der Waals surface area contributed by atoms with Crippen LogP contribution in [0.15, 0.2) is 0 Å². The lowest BCUT2D eigenvalue weighted by molar-refractivity contribution is -0.116. The Kier molecular flexibility index (Phi) is 3.34. The summed E-state index contributed by atoms with van der Waals surface area (Å²) in [4.78, 5) is 13.1. The fourth-order valence-corrected chi connectivity index (χ4v) is 1.20. The molecule has 0 aromatic heterocycles. The molecule has 0 unspecified atom stereocenters. The maximum Gasteiger partial charge on any atom is 0.410 e. The van der Waals surface area contributed by atoms with Crippen LogP contribution in [0.3, 0.4) is 0 Å². The number of rotatable bonds is 0. The van der Waals surface area contributed by atoms with Crippen LogP contribution < -0.4 is 0 Å². The molecule has 0 radical (unpaired) electrons. The Morgan fingerprint density at radius 3 is 2.14 bits per heavy atom. The van der Waals surface area contributed by atoms with Crippen molar-refractivity contribution < 1.29 is 14.7 Å². The lowest BCUT2D eigenvalue weighted by atomic mass is 10.2. The van der Waals surface area contributed by atoms with Crippen molar-refractivity contribution >= 4 is 6.09 Å². The SMILES string of the molecule is CC(C)(C)OC(=O)N1CCN(O)CC1. The molecule has 1 aliphatic rings. The van der Waals surface area contributed by atoms with Crippen LogP contribution in [-0.2, 0) is 4.74 Å². The van der Waals surface area contributed by atoms with Gasteiger partial charge in [-0.2, -0.15) is 5.06 Å². The highest BCUT2D eigenvalue weighted by atomic mass is 16.6. The Hall–Kier alpha value is -0.810. The zero-order valence-electron chi connectivity index (χ0n) is 8.99. The van der Waals surface area contributed by atoms with Gasteiger partial charge in [-0.1, -0.05) is 0 Å². The van der Waals surface area contributed by atoms with Crippen molar-refractivity contribution in [2.45, 2.75) is 26.4 Å². The summed E-state index contributed by atoms with van der Waals surface area (Å²) < 4.78 is 5.20. The Morgan fingerprint density at radius 1 is 1.21 bits per heavy atom. The molecule has 0 atom stereocenters. The molecule has 1 heterocycles. The Morgan fingerprint density at radius 2 is 1.71 bits per heavy atom. The highest BCUT2D eigenvalue weighted by Crippen LogP contribution is 2.11. The smallest absolute Gasteiger partial charge is 0.410 e. The Bertz CT molecular complexity index is 205. The number of carbonyl (C=O) groups excluding carboxylic acids is 1. The van der Waals surface area contributed by atoms with Gasteiger partial charge in [-0.25, -0.2) is 4.79 Å². The molecule has 0 aromatic rings. The number of nitrogens with zero attached hydrogens (tertiary/aromatic N) is 2. The summed E-state index contributed by atoms with van der Waals surface area (Å²) >= 11 is 0. The normalized spacial score (nSPS) is 19.6. The van der Waals surface area contributed by atoms with Gasteiger partial charge in [-0.3, -0.25) is 0 Å². The molecule has 1 amide bonds. The topological polar surface area (TPSA) is 53.0 Å². The first-order valence-corrected chi connectivity index (χ1v) is 4.80. The summed E-state index contributed by atoms with van der Waals surface area (Å²) in [7, 11) is 0. The van der Waals surface area contributed by atoms with Crippen molar-refractivity contribution in [1.29, 1.82) is 0 Å². The van der Waals surface area contributed by atoms with E-state index < -0.39 is 5.60 Å². The molecular weight excluding hydrogens is 184 g/mol. The second-order valence-electron chi connectivity index (χ2n) is 4.42. The van der Waals surface area contributed by atoms with E-state index in [-0.39, 0.29) is 6.09 Å². The molecule has 1 aliphatic heterocycles. The first kappa shape index (κ1) is 11.3. The molecule has 5 nitrogen and oxygen atoms in total. The first-order chi connectivity index (χ1) is 6.38. The van der Waals surface area contributed by atoms with Crippen molar-refractivity contribution in [3.8, 4) is 0 Å². The predicted octanol–water partition coefficient (Wildman–Crippen LogP) is 0.928. The van der Waals surface area contributed by atoms with E-state index in [0.717, 1.165) is 0 Å². The lowest BCUT2D eigenvalue weighted by Gasteiger charge is -2.32. The van der Waals surface area contributed by atoms with E-state index in [1.165, 1.54) is 5.06 Å². The summed E-state index contributed by atoms with van der Waals surface area (Å²) in [5, 5.41) is 10.3. The molecule has 1 N–H and O–H groups in total. The summed E-state index contributed by atoms with van der Waals surface area (Å²) in [6.45, 7) is 7.53. The van der Waals surface area contributed by atoms with Gasteiger partial charge in [0, 0.05) is 26.2 Å². The molecule has 0 aliphatic carbocycles. The van der Waals surface area contributed by atoms with Gasteiger partial charge in [0.25, 0.3) is 0 Å². The van der Waals surface area contributed by atoms with Crippen LogP contribution in [0.25, 0.3) is 0 Å². The Labute approximate surface area is 84.2 Å². The lowest BCUT2D eigenvalue weighted by Crippen LogP contribution is -2.48. The molecule has 5 heteroatoms. The molecule has 0 bridgehead atoms. The third kappa shape index (κ3) is 3.51. The number of amides is 1. The van der Waals surface area contributed by atoms with Crippen molar-refractivity contribution in [3.05, 3.63) is 0 Å². The second-order valence-corrected chi connectivity index (χ2v) is 4.42. The van der Waals surface area contributed by atoms with Crippen LogP contribution in [0, 0.1) is 0 Å². The van der Waals surface area contributed by atoms with Gasteiger partial charge in [0.15, 0.2) is 0 Å². The first-order valence-electron chi connectivity index (χ1n) is 4.80. The number of ether oxygens (including phenoxy) is 1. The standard InChI is InChI=1S/C9H18N2O3/c1-9(2,3)14-8(12)10-4-6-11(13)7-5-10/h13H,4-7H2,1-3H3. The third-order valence-electron chi connectivity index (χ3n) is 1.91. The summed E-state index contributed by atoms with van der Waals surface area (Å²) in [6, 6.07) is 0. The molecule has 0 spiro atoms. The largest absolute Gasteiger partial charge is 0.444 e. The average Bonchev–Trinajstić information content (AvgIpc) is 2.02. The molecule has 1 rings (SSSR count). The van der Waals surface area contributed by atoms with Crippen molar-refractivity contribution in [2.24, 2.45) is 0 Å². The monoisotopic (exact) mass is 202 g/mol. The summed E-state index contributed by atoms with van der Waals surface area (Å²) in [5.74, 6) is 0. The van der Waals surface area contributed by atoms with Gasteiger partial charge in [-0.15, -0.1) is 0 Å². The molecule has 1 fully saturated rings. The molecule has 14 heavy (non-hydrogen) atoms. The number of hydrogen-bond donors (Lipinski definition) is 1. The van der Waals surface area contributed by atoms with Crippen LogP contribution >= 0.6 is 0 Å². The fourth-order valence-electron chi connectivity index (χ4n) is 1.20. The van der Waals surface area contributed by atoms with Gasteiger partial charge in [0.1, 0.15) is 5.60 Å². The molecule has 0 aromatic carbocycles. The zero-order chi connectivity index (χ0) is 10.8. The van der Waals surface area contributed by atoms with E-state index in [0.29, 0.717) is 26.2 Å². The van der Waals surface area contributed by atoms with Gasteiger partial charge in [0.05, 0.1) is 0 Å². The second kappa shape index (κ2) is 4.14. The maximum absolute atomic E-state index is 11.5. The minimum atomic E-state index is -0.451. The zero-order valence-corrected chi connectivity index (χ0v) is 8.99. The Balaban J connectivity index is 2.38. The van der Waals surface area contributed by atoms with Crippen LogP contribution in [0.4, 0.5) is 4.79 Å². The van der Waals surface area contributed by atoms with Gasteiger partial charge < -0.3 is 14.8 Å². The van der Waals surface area contributed by atoms with Crippen molar-refractivity contribution in [2.75, 3.05) is 26.2 Å². The van der Waals surface area contributed by atoms with Crippen molar-refractivity contribution in [3.63, 3.8) is 0 Å². The van der Waals surface area contributed by atoms with Gasteiger partial charge in [0.2, 0.25) is 0 Å². The highest BCUT2D eigenvalue weighted by Gasteiger charge is 2.24. The molecule has 82 valence electrons.